The van der Waals surface area contributed by atoms with Gasteiger partial charge in [-0.2, -0.15) is 0 Å². The number of amides is 1. The van der Waals surface area contributed by atoms with Crippen molar-refractivity contribution in [3.63, 3.8) is 0 Å². The van der Waals surface area contributed by atoms with Crippen LogP contribution in [0.4, 0.5) is 13.6 Å². The molecule has 7 heteroatoms. The van der Waals surface area contributed by atoms with Gasteiger partial charge >= 0.3 is 6.09 Å². The van der Waals surface area contributed by atoms with Crippen LogP contribution in [0.25, 0.3) is 0 Å². The van der Waals surface area contributed by atoms with Gasteiger partial charge in [-0.3, -0.25) is 4.99 Å². The number of halogens is 2. The Balaban J connectivity index is 3.15. The Morgan fingerprint density at radius 2 is 1.89 bits per heavy atom. The zero-order valence-electron chi connectivity index (χ0n) is 18.1. The summed E-state index contributed by atoms with van der Waals surface area (Å²) in [6, 6.07) is -0.114. The molecule has 1 fully saturated rings. The van der Waals surface area contributed by atoms with Crippen LogP contribution in [0, 0.1) is 0 Å². The van der Waals surface area contributed by atoms with E-state index < -0.39 is 12.0 Å². The summed E-state index contributed by atoms with van der Waals surface area (Å²) < 4.78 is 32.7. The van der Waals surface area contributed by atoms with Gasteiger partial charge in [0, 0.05) is 54.4 Å². The third kappa shape index (κ3) is 6.17. The molecule has 0 aromatic heterocycles. The number of ether oxygens (including phenoxy) is 1. The maximum absolute atomic E-state index is 13.6. The number of rotatable bonds is 5. The maximum atomic E-state index is 13.6. The number of nitrogens with zero attached hydrogens (tertiary/aromatic N) is 3. The summed E-state index contributed by atoms with van der Waals surface area (Å²) in [6.07, 6.45) is -0.186. The van der Waals surface area contributed by atoms with Crippen LogP contribution < -0.4 is 0 Å². The first-order valence-corrected chi connectivity index (χ1v) is 9.48. The van der Waals surface area contributed by atoms with Gasteiger partial charge in [0.2, 0.25) is 0 Å². The Labute approximate surface area is 167 Å². The number of alkyl halides is 2. The molecule has 158 valence electrons. The Bertz CT molecular complexity index is 676. The van der Waals surface area contributed by atoms with Crippen LogP contribution in [-0.4, -0.2) is 59.3 Å². The topological polar surface area (TPSA) is 45.1 Å². The van der Waals surface area contributed by atoms with E-state index in [9.17, 15) is 13.6 Å². The molecule has 0 aromatic carbocycles. The highest BCUT2D eigenvalue weighted by molar-refractivity contribution is 6.03. The van der Waals surface area contributed by atoms with Crippen LogP contribution >= 0.6 is 0 Å². The molecule has 0 spiro atoms. The zero-order valence-corrected chi connectivity index (χ0v) is 18.1. The van der Waals surface area contributed by atoms with Gasteiger partial charge in [0.15, 0.2) is 0 Å². The lowest BCUT2D eigenvalue weighted by atomic mass is 9.98. The fourth-order valence-electron chi connectivity index (χ4n) is 3.27. The molecule has 0 aliphatic carbocycles. The highest BCUT2D eigenvalue weighted by Crippen LogP contribution is 2.27. The number of allylic oxidation sites excluding steroid dienone is 4. The van der Waals surface area contributed by atoms with Crippen molar-refractivity contribution in [3.05, 3.63) is 35.7 Å². The molecular weight excluding hydrogens is 364 g/mol. The van der Waals surface area contributed by atoms with Gasteiger partial charge in [0.25, 0.3) is 6.43 Å². The van der Waals surface area contributed by atoms with E-state index in [0.717, 1.165) is 0 Å². The van der Waals surface area contributed by atoms with Crippen molar-refractivity contribution in [3.8, 4) is 0 Å². The Hall–Kier alpha value is -2.18. The molecule has 0 radical (unpaired) electrons. The quantitative estimate of drug-likeness (QED) is 0.483. The summed E-state index contributed by atoms with van der Waals surface area (Å²) in [5, 5.41) is 0. The molecule has 1 amide bonds. The molecule has 5 nitrogen and oxygen atoms in total. The van der Waals surface area contributed by atoms with E-state index in [2.05, 4.69) is 11.6 Å². The van der Waals surface area contributed by atoms with Crippen molar-refractivity contribution in [1.29, 1.82) is 0 Å². The lowest BCUT2D eigenvalue weighted by Gasteiger charge is -2.42. The second-order valence-electron chi connectivity index (χ2n) is 7.87. The Morgan fingerprint density at radius 3 is 2.32 bits per heavy atom. The van der Waals surface area contributed by atoms with Crippen LogP contribution in [-0.2, 0) is 4.74 Å². The molecule has 0 bridgehead atoms. The number of hydrogen-bond donors (Lipinski definition) is 0. The minimum Gasteiger partial charge on any atom is -0.444 e. The largest absolute Gasteiger partial charge is 0.444 e. The molecular formula is C21H33F2N3O2. The average Bonchev–Trinajstić information content (AvgIpc) is 2.56. The third-order valence-electron chi connectivity index (χ3n) is 4.57. The molecule has 1 aliphatic heterocycles. The normalized spacial score (nSPS) is 20.3. The Morgan fingerprint density at radius 1 is 1.29 bits per heavy atom. The van der Waals surface area contributed by atoms with Gasteiger partial charge < -0.3 is 14.5 Å². The monoisotopic (exact) mass is 397 g/mol. The predicted octanol–water partition coefficient (Wildman–Crippen LogP) is 5.02. The third-order valence-corrected chi connectivity index (χ3v) is 4.57. The molecule has 1 atom stereocenters. The smallest absolute Gasteiger partial charge is 0.410 e. The van der Waals surface area contributed by atoms with E-state index >= 15 is 0 Å². The van der Waals surface area contributed by atoms with Gasteiger partial charge in [-0.25, -0.2) is 13.6 Å². The Kier molecular flexibility index (Phi) is 8.39. The molecule has 28 heavy (non-hydrogen) atoms. The average molecular weight is 398 g/mol. The molecule has 1 heterocycles. The van der Waals surface area contributed by atoms with Crippen molar-refractivity contribution < 1.29 is 18.3 Å². The first-order chi connectivity index (χ1) is 12.9. The summed E-state index contributed by atoms with van der Waals surface area (Å²) >= 11 is 0. The fraction of sp³-hybridized carbons (Fsp3) is 0.619. The minimum absolute atomic E-state index is 0.0529. The molecule has 1 saturated heterocycles. The SMILES string of the molecule is C=CN=C(C)C(/C(=C\C)C(F)F)=C(\C)N1CCN(C(=O)OC(C)(C)C)C(C)C1. The molecule has 1 aliphatic rings. The highest BCUT2D eigenvalue weighted by atomic mass is 19.3. The fourth-order valence-corrected chi connectivity index (χ4v) is 3.27. The van der Waals surface area contributed by atoms with Gasteiger partial charge in [0.1, 0.15) is 5.60 Å². The molecule has 1 rings (SSSR count). The second kappa shape index (κ2) is 9.85. The van der Waals surface area contributed by atoms with Gasteiger partial charge in [-0.15, -0.1) is 0 Å². The van der Waals surface area contributed by atoms with E-state index in [1.165, 1.54) is 12.3 Å². The standard InChI is InChI=1S/C21H33F2N3O2/c1-9-17(19(22)23)18(15(4)24-10-2)16(5)25-11-12-26(14(3)13-25)20(27)28-21(6,7)8/h9-10,14,19H,2,11-13H2,1,3-8H3/b17-9+,18-16-,24-15?. The highest BCUT2D eigenvalue weighted by Gasteiger charge is 2.32. The van der Waals surface area contributed by atoms with E-state index in [1.54, 1.807) is 18.7 Å². The summed E-state index contributed by atoms with van der Waals surface area (Å²) in [5.74, 6) is 0. The molecule has 1 unspecified atom stereocenters. The lowest BCUT2D eigenvalue weighted by molar-refractivity contribution is 0.00494. The van der Waals surface area contributed by atoms with Crippen LogP contribution in [0.2, 0.25) is 0 Å². The van der Waals surface area contributed by atoms with Crippen molar-refractivity contribution in [2.45, 2.75) is 66.5 Å². The number of carbonyl (C=O) groups excluding carboxylic acids is 1. The van der Waals surface area contributed by atoms with E-state index in [1.807, 2.05) is 39.5 Å². The lowest BCUT2D eigenvalue weighted by Crippen LogP contribution is -2.54. The van der Waals surface area contributed by atoms with Crippen molar-refractivity contribution in [2.75, 3.05) is 19.6 Å². The van der Waals surface area contributed by atoms with Gasteiger partial charge in [-0.05, 0) is 48.5 Å². The number of carbonyl (C=O) groups is 1. The number of hydrogen-bond acceptors (Lipinski definition) is 4. The van der Waals surface area contributed by atoms with Crippen molar-refractivity contribution in [2.24, 2.45) is 4.99 Å². The van der Waals surface area contributed by atoms with Crippen LogP contribution in [0.1, 0.15) is 48.5 Å². The summed E-state index contributed by atoms with van der Waals surface area (Å²) in [4.78, 5) is 20.2. The zero-order chi connectivity index (χ0) is 21.6. The van der Waals surface area contributed by atoms with Gasteiger partial charge in [-0.1, -0.05) is 12.7 Å². The van der Waals surface area contributed by atoms with E-state index in [4.69, 9.17) is 4.74 Å². The number of aliphatic imine (C=N–C) groups is 1. The van der Waals surface area contributed by atoms with Crippen LogP contribution in [0.5, 0.6) is 0 Å². The first kappa shape index (κ1) is 23.9. The number of piperazine rings is 1. The maximum Gasteiger partial charge on any atom is 0.410 e. The summed E-state index contributed by atoms with van der Waals surface area (Å²) in [7, 11) is 0. The van der Waals surface area contributed by atoms with E-state index in [0.29, 0.717) is 36.6 Å². The molecule has 0 N–H and O–H groups in total. The minimum atomic E-state index is -2.61. The van der Waals surface area contributed by atoms with Crippen molar-refractivity contribution >= 4 is 11.8 Å². The molecule has 0 saturated carbocycles. The van der Waals surface area contributed by atoms with Crippen LogP contribution in [0.15, 0.2) is 40.7 Å². The second-order valence-corrected chi connectivity index (χ2v) is 7.87. The van der Waals surface area contributed by atoms with Gasteiger partial charge in [0.05, 0.1) is 0 Å². The van der Waals surface area contributed by atoms with Crippen molar-refractivity contribution in [1.82, 2.24) is 9.80 Å². The first-order valence-electron chi connectivity index (χ1n) is 9.48. The summed E-state index contributed by atoms with van der Waals surface area (Å²) in [6.45, 7) is 17.6. The summed E-state index contributed by atoms with van der Waals surface area (Å²) in [5.41, 5.74) is 1.02. The van der Waals surface area contributed by atoms with E-state index in [-0.39, 0.29) is 17.7 Å². The van der Waals surface area contributed by atoms with Crippen LogP contribution in [0.3, 0.4) is 0 Å². The predicted molar refractivity (Wildman–Crippen MR) is 110 cm³/mol. The molecule has 0 aromatic rings.